The van der Waals surface area contributed by atoms with Gasteiger partial charge in [-0.25, -0.2) is 4.98 Å². The molecule has 3 rings (SSSR count). The molecule has 0 N–H and O–H groups in total. The number of oxazole rings is 1. The van der Waals surface area contributed by atoms with Gasteiger partial charge in [0.25, 0.3) is 0 Å². The average molecular weight is 284 g/mol. The third-order valence-electron chi connectivity index (χ3n) is 4.39. The maximum absolute atomic E-state index is 5.33. The van der Waals surface area contributed by atoms with Gasteiger partial charge in [-0.1, -0.05) is 36.8 Å². The van der Waals surface area contributed by atoms with Gasteiger partial charge >= 0.3 is 0 Å². The van der Waals surface area contributed by atoms with Gasteiger partial charge in [0.05, 0.1) is 5.69 Å². The SMILES string of the molecule is Cc1nc(CN2CCCCC2CCc2ccccc2)co1. The van der Waals surface area contributed by atoms with Crippen LogP contribution in [0.5, 0.6) is 0 Å². The van der Waals surface area contributed by atoms with E-state index in [1.54, 1.807) is 6.26 Å². The van der Waals surface area contributed by atoms with Gasteiger partial charge in [-0.3, -0.25) is 4.90 Å². The quantitative estimate of drug-likeness (QED) is 0.832. The van der Waals surface area contributed by atoms with Gasteiger partial charge in [-0.15, -0.1) is 0 Å². The van der Waals surface area contributed by atoms with Crippen LogP contribution in [0, 0.1) is 6.92 Å². The van der Waals surface area contributed by atoms with Crippen molar-refractivity contribution in [3.8, 4) is 0 Å². The highest BCUT2D eigenvalue weighted by atomic mass is 16.3. The van der Waals surface area contributed by atoms with E-state index in [0.717, 1.165) is 18.1 Å². The Kier molecular flexibility index (Phi) is 4.71. The smallest absolute Gasteiger partial charge is 0.191 e. The van der Waals surface area contributed by atoms with Gasteiger partial charge in [-0.2, -0.15) is 0 Å². The highest BCUT2D eigenvalue weighted by Crippen LogP contribution is 2.23. The fraction of sp³-hybridized carbons (Fsp3) is 0.500. The van der Waals surface area contributed by atoms with Crippen molar-refractivity contribution in [2.24, 2.45) is 0 Å². The Balaban J connectivity index is 1.59. The summed E-state index contributed by atoms with van der Waals surface area (Å²) < 4.78 is 5.33. The van der Waals surface area contributed by atoms with Crippen LogP contribution in [-0.4, -0.2) is 22.5 Å². The van der Waals surface area contributed by atoms with Crippen LogP contribution in [-0.2, 0) is 13.0 Å². The Labute approximate surface area is 127 Å². The molecular weight excluding hydrogens is 260 g/mol. The Hall–Kier alpha value is -1.61. The van der Waals surface area contributed by atoms with E-state index in [0.29, 0.717) is 6.04 Å². The van der Waals surface area contributed by atoms with Gasteiger partial charge in [0.2, 0.25) is 0 Å². The first-order valence-corrected chi connectivity index (χ1v) is 8.00. The molecule has 0 radical (unpaired) electrons. The molecule has 1 aromatic heterocycles. The van der Waals surface area contributed by atoms with Crippen LogP contribution in [0.1, 0.15) is 42.8 Å². The molecule has 1 saturated heterocycles. The van der Waals surface area contributed by atoms with Crippen LogP contribution < -0.4 is 0 Å². The second kappa shape index (κ2) is 6.90. The molecular formula is C18H24N2O. The number of hydrogen-bond donors (Lipinski definition) is 0. The van der Waals surface area contributed by atoms with Crippen molar-refractivity contribution in [2.75, 3.05) is 6.54 Å². The third-order valence-corrected chi connectivity index (χ3v) is 4.39. The molecule has 3 nitrogen and oxygen atoms in total. The normalized spacial score (nSPS) is 19.8. The predicted molar refractivity (Wildman–Crippen MR) is 84.1 cm³/mol. The lowest BCUT2D eigenvalue weighted by atomic mass is 9.95. The summed E-state index contributed by atoms with van der Waals surface area (Å²) in [4.78, 5) is 7.04. The highest BCUT2D eigenvalue weighted by molar-refractivity contribution is 5.14. The minimum absolute atomic E-state index is 0.677. The monoisotopic (exact) mass is 284 g/mol. The fourth-order valence-electron chi connectivity index (χ4n) is 3.26. The van der Waals surface area contributed by atoms with Crippen molar-refractivity contribution in [2.45, 2.75) is 51.6 Å². The van der Waals surface area contributed by atoms with Gasteiger partial charge in [0.1, 0.15) is 6.26 Å². The molecule has 0 aliphatic carbocycles. The van der Waals surface area contributed by atoms with E-state index in [1.165, 1.54) is 44.2 Å². The lowest BCUT2D eigenvalue weighted by Gasteiger charge is -2.35. The Morgan fingerprint density at radius 2 is 2.10 bits per heavy atom. The molecule has 1 atom stereocenters. The minimum Gasteiger partial charge on any atom is -0.449 e. The Morgan fingerprint density at radius 1 is 1.24 bits per heavy atom. The van der Waals surface area contributed by atoms with Crippen LogP contribution in [0.25, 0.3) is 0 Å². The van der Waals surface area contributed by atoms with E-state index >= 15 is 0 Å². The van der Waals surface area contributed by atoms with E-state index in [2.05, 4.69) is 40.2 Å². The molecule has 2 heterocycles. The standard InChI is InChI=1S/C18H24N2O/c1-15-19-17(14-21-15)13-20-12-6-5-9-18(20)11-10-16-7-3-2-4-8-16/h2-4,7-8,14,18H,5-6,9-13H2,1H3. The molecule has 1 aromatic carbocycles. The first-order valence-electron chi connectivity index (χ1n) is 8.00. The maximum Gasteiger partial charge on any atom is 0.191 e. The van der Waals surface area contributed by atoms with E-state index in [4.69, 9.17) is 4.42 Å². The minimum atomic E-state index is 0.677. The van der Waals surface area contributed by atoms with E-state index in [-0.39, 0.29) is 0 Å². The van der Waals surface area contributed by atoms with Crippen molar-refractivity contribution in [1.82, 2.24) is 9.88 Å². The number of benzene rings is 1. The molecule has 2 aromatic rings. The molecule has 1 aliphatic heterocycles. The topological polar surface area (TPSA) is 29.3 Å². The number of aromatic nitrogens is 1. The van der Waals surface area contributed by atoms with Crippen LogP contribution in [0.3, 0.4) is 0 Å². The zero-order chi connectivity index (χ0) is 14.5. The van der Waals surface area contributed by atoms with Crippen LogP contribution in [0.2, 0.25) is 0 Å². The zero-order valence-corrected chi connectivity index (χ0v) is 12.8. The second-order valence-corrected chi connectivity index (χ2v) is 6.00. The number of nitrogens with zero attached hydrogens (tertiary/aromatic N) is 2. The fourth-order valence-corrected chi connectivity index (χ4v) is 3.26. The molecule has 3 heteroatoms. The number of aryl methyl sites for hydroxylation is 2. The van der Waals surface area contributed by atoms with Gasteiger partial charge in [-0.05, 0) is 37.8 Å². The van der Waals surface area contributed by atoms with Gasteiger partial charge in [0.15, 0.2) is 5.89 Å². The summed E-state index contributed by atoms with van der Waals surface area (Å²) in [7, 11) is 0. The molecule has 1 unspecified atom stereocenters. The van der Waals surface area contributed by atoms with Crippen molar-refractivity contribution in [3.05, 3.63) is 53.7 Å². The average Bonchev–Trinajstić information content (AvgIpc) is 2.93. The first-order chi connectivity index (χ1) is 10.3. The van der Waals surface area contributed by atoms with Gasteiger partial charge < -0.3 is 4.42 Å². The summed E-state index contributed by atoms with van der Waals surface area (Å²) in [6, 6.07) is 11.5. The van der Waals surface area contributed by atoms with E-state index in [9.17, 15) is 0 Å². The first kappa shape index (κ1) is 14.3. The summed E-state index contributed by atoms with van der Waals surface area (Å²) in [5, 5.41) is 0. The predicted octanol–water partition coefficient (Wildman–Crippen LogP) is 3.97. The summed E-state index contributed by atoms with van der Waals surface area (Å²) in [5.74, 6) is 0.767. The van der Waals surface area contributed by atoms with Crippen molar-refractivity contribution >= 4 is 0 Å². The number of hydrogen-bond acceptors (Lipinski definition) is 3. The van der Waals surface area contributed by atoms with Gasteiger partial charge in [0, 0.05) is 19.5 Å². The summed E-state index contributed by atoms with van der Waals surface area (Å²) in [5.41, 5.74) is 2.51. The molecule has 1 fully saturated rings. The maximum atomic E-state index is 5.33. The highest BCUT2D eigenvalue weighted by Gasteiger charge is 2.23. The largest absolute Gasteiger partial charge is 0.449 e. The van der Waals surface area contributed by atoms with Crippen LogP contribution in [0.4, 0.5) is 0 Å². The Morgan fingerprint density at radius 3 is 2.86 bits per heavy atom. The van der Waals surface area contributed by atoms with Crippen LogP contribution >= 0.6 is 0 Å². The number of piperidine rings is 1. The number of likely N-dealkylation sites (tertiary alicyclic amines) is 1. The molecule has 0 amide bonds. The molecule has 1 aliphatic rings. The molecule has 112 valence electrons. The van der Waals surface area contributed by atoms with Crippen molar-refractivity contribution < 1.29 is 4.42 Å². The molecule has 0 saturated carbocycles. The van der Waals surface area contributed by atoms with E-state index < -0.39 is 0 Å². The zero-order valence-electron chi connectivity index (χ0n) is 12.8. The van der Waals surface area contributed by atoms with Crippen LogP contribution in [0.15, 0.2) is 41.0 Å². The Bertz CT molecular complexity index is 549. The second-order valence-electron chi connectivity index (χ2n) is 6.00. The number of rotatable bonds is 5. The van der Waals surface area contributed by atoms with Crippen molar-refractivity contribution in [1.29, 1.82) is 0 Å². The molecule has 21 heavy (non-hydrogen) atoms. The summed E-state index contributed by atoms with van der Waals surface area (Å²) >= 11 is 0. The summed E-state index contributed by atoms with van der Waals surface area (Å²) in [6.07, 6.45) is 8.18. The lowest BCUT2D eigenvalue weighted by molar-refractivity contribution is 0.131. The van der Waals surface area contributed by atoms with Crippen molar-refractivity contribution in [3.63, 3.8) is 0 Å². The lowest BCUT2D eigenvalue weighted by Crippen LogP contribution is -2.39. The third kappa shape index (κ3) is 3.94. The molecule has 0 bridgehead atoms. The summed E-state index contributed by atoms with van der Waals surface area (Å²) in [6.45, 7) is 4.02. The van der Waals surface area contributed by atoms with E-state index in [1.807, 2.05) is 6.92 Å². The molecule has 0 spiro atoms.